The van der Waals surface area contributed by atoms with E-state index in [0.29, 0.717) is 17.9 Å². The summed E-state index contributed by atoms with van der Waals surface area (Å²) in [6, 6.07) is 5.03. The minimum Gasteiger partial charge on any atom is -0.448 e. The van der Waals surface area contributed by atoms with Crippen LogP contribution in [-0.4, -0.2) is 29.1 Å². The molecule has 1 spiro atoms. The number of carbonyl (C=O) groups is 1. The minimum absolute atomic E-state index is 0.197. The molecule has 1 aliphatic heterocycles. The zero-order chi connectivity index (χ0) is 16.5. The van der Waals surface area contributed by atoms with Crippen molar-refractivity contribution in [2.24, 2.45) is 0 Å². The highest BCUT2D eigenvalue weighted by Crippen LogP contribution is 2.47. The smallest absolute Gasteiger partial charge is 0.319 e. The fraction of sp³-hybridized carbons (Fsp3) is 0.588. The summed E-state index contributed by atoms with van der Waals surface area (Å²) in [5.41, 5.74) is -0.266. The van der Waals surface area contributed by atoms with Crippen molar-refractivity contribution >= 4 is 11.7 Å². The molecule has 0 bridgehead atoms. The number of rotatable bonds is 4. The summed E-state index contributed by atoms with van der Waals surface area (Å²) in [5, 5.41) is 15.3. The number of carbonyl (C=O) groups excluding carboxylic acids is 1. The summed E-state index contributed by atoms with van der Waals surface area (Å²) in [6.07, 6.45) is 4.59. The summed E-state index contributed by atoms with van der Waals surface area (Å²) in [6.45, 7) is 3.76. The first-order valence-corrected chi connectivity index (χ1v) is 8.21. The Labute approximate surface area is 136 Å². The Morgan fingerprint density at radius 1 is 1.30 bits per heavy atom. The van der Waals surface area contributed by atoms with Crippen molar-refractivity contribution in [3.8, 4) is 11.5 Å². The van der Waals surface area contributed by atoms with Crippen LogP contribution >= 0.6 is 0 Å². The highest BCUT2D eigenvalue weighted by molar-refractivity contribution is 5.89. The van der Waals surface area contributed by atoms with Gasteiger partial charge in [-0.2, -0.15) is 0 Å². The molecule has 3 rings (SSSR count). The zero-order valence-electron chi connectivity index (χ0n) is 13.6. The van der Waals surface area contributed by atoms with Crippen LogP contribution in [0.4, 0.5) is 10.5 Å². The Morgan fingerprint density at radius 2 is 2.00 bits per heavy atom. The van der Waals surface area contributed by atoms with E-state index in [1.165, 1.54) is 0 Å². The maximum atomic E-state index is 11.9. The molecule has 2 aliphatic rings. The highest BCUT2D eigenvalue weighted by Gasteiger charge is 2.44. The van der Waals surface area contributed by atoms with Crippen molar-refractivity contribution < 1.29 is 19.4 Å². The summed E-state index contributed by atoms with van der Waals surface area (Å²) >= 11 is 0. The largest absolute Gasteiger partial charge is 0.448 e. The van der Waals surface area contributed by atoms with Crippen LogP contribution in [0, 0.1) is 0 Å². The SMILES string of the molecule is CC[C@](C)(O)CNC(=O)Nc1ccc2c(c1)OC1(CCCC1)O2. The normalized spacial score (nSPS) is 20.3. The van der Waals surface area contributed by atoms with Crippen LogP contribution < -0.4 is 20.1 Å². The molecule has 126 valence electrons. The quantitative estimate of drug-likeness (QED) is 0.797. The number of hydrogen-bond donors (Lipinski definition) is 3. The molecule has 1 aromatic rings. The van der Waals surface area contributed by atoms with Gasteiger partial charge in [-0.1, -0.05) is 6.92 Å². The molecule has 3 N–H and O–H groups in total. The fourth-order valence-corrected chi connectivity index (χ4v) is 2.86. The van der Waals surface area contributed by atoms with Gasteiger partial charge in [0, 0.05) is 31.1 Å². The van der Waals surface area contributed by atoms with E-state index in [9.17, 15) is 9.90 Å². The third-order valence-electron chi connectivity index (χ3n) is 4.55. The van der Waals surface area contributed by atoms with Gasteiger partial charge < -0.3 is 25.2 Å². The molecule has 6 nitrogen and oxygen atoms in total. The van der Waals surface area contributed by atoms with Crippen LogP contribution in [0.1, 0.15) is 46.0 Å². The predicted molar refractivity (Wildman–Crippen MR) is 86.8 cm³/mol. The lowest BCUT2D eigenvalue weighted by molar-refractivity contribution is -0.0716. The Balaban J connectivity index is 1.60. The summed E-state index contributed by atoms with van der Waals surface area (Å²) in [4.78, 5) is 11.9. The van der Waals surface area contributed by atoms with E-state index in [2.05, 4.69) is 10.6 Å². The van der Waals surface area contributed by atoms with Gasteiger partial charge in [-0.05, 0) is 38.3 Å². The second-order valence-corrected chi connectivity index (χ2v) is 6.64. The number of urea groups is 1. The number of nitrogens with one attached hydrogen (secondary N) is 2. The van der Waals surface area contributed by atoms with Gasteiger partial charge >= 0.3 is 6.03 Å². The van der Waals surface area contributed by atoms with Crippen LogP contribution in [0.25, 0.3) is 0 Å². The molecule has 6 heteroatoms. The predicted octanol–water partition coefficient (Wildman–Crippen LogP) is 3.01. The number of amides is 2. The molecule has 1 heterocycles. The van der Waals surface area contributed by atoms with Crippen LogP contribution in [0.2, 0.25) is 0 Å². The molecule has 0 aromatic heterocycles. The standard InChI is InChI=1S/C17H24N2O4/c1-3-16(2,21)11-18-15(20)19-12-6-7-13-14(10-12)23-17(22-13)8-4-5-9-17/h6-7,10,21H,3-5,8-9,11H2,1-2H3,(H2,18,19,20)/t16-/m0/s1. The fourth-order valence-electron chi connectivity index (χ4n) is 2.86. The number of fused-ring (bicyclic) bond motifs is 1. The number of aliphatic hydroxyl groups is 1. The Morgan fingerprint density at radius 3 is 2.70 bits per heavy atom. The van der Waals surface area contributed by atoms with E-state index in [1.807, 2.05) is 13.0 Å². The number of anilines is 1. The third kappa shape index (κ3) is 3.52. The monoisotopic (exact) mass is 320 g/mol. The lowest BCUT2D eigenvalue weighted by atomic mass is 10.0. The lowest BCUT2D eigenvalue weighted by Crippen LogP contribution is -2.41. The number of ether oxygens (including phenoxy) is 2. The van der Waals surface area contributed by atoms with Crippen molar-refractivity contribution in [3.63, 3.8) is 0 Å². The van der Waals surface area contributed by atoms with E-state index < -0.39 is 11.4 Å². The maximum absolute atomic E-state index is 11.9. The molecular formula is C17H24N2O4. The first-order valence-electron chi connectivity index (χ1n) is 8.21. The molecule has 0 saturated heterocycles. The van der Waals surface area contributed by atoms with Gasteiger partial charge in [0.15, 0.2) is 11.5 Å². The summed E-state index contributed by atoms with van der Waals surface area (Å²) in [5.74, 6) is 0.903. The summed E-state index contributed by atoms with van der Waals surface area (Å²) < 4.78 is 11.9. The summed E-state index contributed by atoms with van der Waals surface area (Å²) in [7, 11) is 0. The Kier molecular flexibility index (Phi) is 4.10. The van der Waals surface area contributed by atoms with Crippen LogP contribution in [-0.2, 0) is 0 Å². The van der Waals surface area contributed by atoms with Gasteiger partial charge in [0.2, 0.25) is 0 Å². The van der Waals surface area contributed by atoms with Crippen molar-refractivity contribution in [3.05, 3.63) is 18.2 Å². The molecule has 1 aromatic carbocycles. The van der Waals surface area contributed by atoms with Gasteiger partial charge in [0.1, 0.15) is 0 Å². The lowest BCUT2D eigenvalue weighted by Gasteiger charge is -2.21. The third-order valence-corrected chi connectivity index (χ3v) is 4.55. The van der Waals surface area contributed by atoms with Crippen molar-refractivity contribution in [2.75, 3.05) is 11.9 Å². The molecule has 0 unspecified atom stereocenters. The molecule has 23 heavy (non-hydrogen) atoms. The maximum Gasteiger partial charge on any atom is 0.319 e. The van der Waals surface area contributed by atoms with E-state index >= 15 is 0 Å². The Hall–Kier alpha value is -1.95. The molecule has 1 atom stereocenters. The number of benzene rings is 1. The van der Waals surface area contributed by atoms with Crippen LogP contribution in [0.5, 0.6) is 11.5 Å². The van der Waals surface area contributed by atoms with Crippen molar-refractivity contribution in [1.29, 1.82) is 0 Å². The highest BCUT2D eigenvalue weighted by atomic mass is 16.7. The minimum atomic E-state index is -0.902. The van der Waals surface area contributed by atoms with Gasteiger partial charge in [-0.3, -0.25) is 0 Å². The van der Waals surface area contributed by atoms with Gasteiger partial charge in [-0.15, -0.1) is 0 Å². The average Bonchev–Trinajstić information content (AvgIpc) is 3.11. The average molecular weight is 320 g/mol. The van der Waals surface area contributed by atoms with Gasteiger partial charge in [-0.25, -0.2) is 4.79 Å². The molecule has 1 saturated carbocycles. The zero-order valence-corrected chi connectivity index (χ0v) is 13.6. The van der Waals surface area contributed by atoms with E-state index in [-0.39, 0.29) is 12.6 Å². The topological polar surface area (TPSA) is 79.8 Å². The second-order valence-electron chi connectivity index (χ2n) is 6.64. The first-order chi connectivity index (χ1) is 10.9. The Bertz CT molecular complexity index is 594. The van der Waals surface area contributed by atoms with E-state index in [4.69, 9.17) is 9.47 Å². The number of hydrogen-bond acceptors (Lipinski definition) is 4. The van der Waals surface area contributed by atoms with Crippen molar-refractivity contribution in [2.45, 2.75) is 57.3 Å². The van der Waals surface area contributed by atoms with Gasteiger partial charge in [0.25, 0.3) is 5.79 Å². The molecule has 2 amide bonds. The van der Waals surface area contributed by atoms with Crippen molar-refractivity contribution in [1.82, 2.24) is 5.32 Å². The van der Waals surface area contributed by atoms with Crippen LogP contribution in [0.3, 0.4) is 0 Å². The van der Waals surface area contributed by atoms with Gasteiger partial charge in [0.05, 0.1) is 5.60 Å². The molecule has 1 aliphatic carbocycles. The molecule has 1 fully saturated rings. The van der Waals surface area contributed by atoms with E-state index in [1.54, 1.807) is 19.1 Å². The first kappa shape index (κ1) is 15.9. The molecular weight excluding hydrogens is 296 g/mol. The molecule has 0 radical (unpaired) electrons. The van der Waals surface area contributed by atoms with E-state index in [0.717, 1.165) is 31.4 Å². The van der Waals surface area contributed by atoms with Crippen LogP contribution in [0.15, 0.2) is 18.2 Å². The second kappa shape index (κ2) is 5.92.